The zero-order chi connectivity index (χ0) is 19.1. The Morgan fingerprint density at radius 3 is 2.74 bits per heavy atom. The van der Waals surface area contributed by atoms with Gasteiger partial charge >= 0.3 is 5.97 Å². The minimum atomic E-state index is -0.511. The van der Waals surface area contributed by atoms with Gasteiger partial charge in [0.05, 0.1) is 29.6 Å². The Hall–Kier alpha value is -3.38. The van der Waals surface area contributed by atoms with Gasteiger partial charge in [0.2, 0.25) is 0 Å². The van der Waals surface area contributed by atoms with Gasteiger partial charge in [0, 0.05) is 12.4 Å². The van der Waals surface area contributed by atoms with E-state index in [4.69, 9.17) is 21.1 Å². The molecule has 0 spiro atoms. The molecule has 3 aromatic rings. The van der Waals surface area contributed by atoms with Crippen LogP contribution in [0.1, 0.15) is 15.9 Å². The van der Waals surface area contributed by atoms with Gasteiger partial charge in [-0.3, -0.25) is 10.4 Å². The number of carbonyl (C=O) groups excluding carboxylic acids is 1. The summed E-state index contributed by atoms with van der Waals surface area (Å²) in [5.41, 5.74) is 4.68. The third kappa shape index (κ3) is 4.83. The van der Waals surface area contributed by atoms with Crippen LogP contribution >= 0.6 is 11.6 Å². The van der Waals surface area contributed by atoms with E-state index in [2.05, 4.69) is 15.5 Å². The molecule has 3 rings (SSSR count). The number of hydrazone groups is 1. The number of carbonyl (C=O) groups is 1. The number of aromatic nitrogens is 1. The van der Waals surface area contributed by atoms with Crippen LogP contribution < -0.4 is 14.9 Å². The minimum absolute atomic E-state index is 0.308. The highest BCUT2D eigenvalue weighted by atomic mass is 35.5. The van der Waals surface area contributed by atoms with Gasteiger partial charge in [-0.1, -0.05) is 23.7 Å². The van der Waals surface area contributed by atoms with E-state index in [0.717, 1.165) is 5.56 Å². The summed E-state index contributed by atoms with van der Waals surface area (Å²) in [5.74, 6) is 0.208. The summed E-state index contributed by atoms with van der Waals surface area (Å²) in [6.07, 6.45) is 4.64. The highest BCUT2D eigenvalue weighted by Gasteiger charge is 2.12. The van der Waals surface area contributed by atoms with Crippen molar-refractivity contribution in [3.05, 3.63) is 83.1 Å². The fourth-order valence-electron chi connectivity index (χ4n) is 2.22. The molecule has 0 radical (unpaired) electrons. The quantitative estimate of drug-likeness (QED) is 0.296. The third-order valence-electron chi connectivity index (χ3n) is 3.56. The molecule has 0 bridgehead atoms. The molecule has 0 fully saturated rings. The lowest BCUT2D eigenvalue weighted by Gasteiger charge is -2.10. The molecule has 136 valence electrons. The van der Waals surface area contributed by atoms with E-state index in [9.17, 15) is 4.79 Å². The lowest BCUT2D eigenvalue weighted by molar-refractivity contribution is 0.0729. The highest BCUT2D eigenvalue weighted by molar-refractivity contribution is 6.33. The van der Waals surface area contributed by atoms with E-state index in [1.165, 1.54) is 13.3 Å². The molecule has 0 aliphatic carbocycles. The number of esters is 1. The molecule has 1 aromatic heterocycles. The van der Waals surface area contributed by atoms with Crippen molar-refractivity contribution < 1.29 is 14.3 Å². The summed E-state index contributed by atoms with van der Waals surface area (Å²) in [6, 6.07) is 15.7. The van der Waals surface area contributed by atoms with Crippen LogP contribution in [-0.2, 0) is 0 Å². The number of nitrogens with zero attached hydrogens (tertiary/aromatic N) is 2. The topological polar surface area (TPSA) is 72.8 Å². The smallest absolute Gasteiger partial charge is 0.345 e. The Kier molecular flexibility index (Phi) is 6.02. The largest absolute Gasteiger partial charge is 0.493 e. The molecule has 1 heterocycles. The predicted octanol–water partition coefficient (Wildman–Crippen LogP) is 4.41. The van der Waals surface area contributed by atoms with Gasteiger partial charge in [-0.15, -0.1) is 0 Å². The second-order valence-corrected chi connectivity index (χ2v) is 5.80. The van der Waals surface area contributed by atoms with Crippen LogP contribution in [0.25, 0.3) is 0 Å². The van der Waals surface area contributed by atoms with Crippen molar-refractivity contribution in [3.8, 4) is 11.5 Å². The van der Waals surface area contributed by atoms with E-state index in [1.54, 1.807) is 48.8 Å². The Morgan fingerprint density at radius 2 is 2.00 bits per heavy atom. The molecule has 6 nitrogen and oxygen atoms in total. The number of benzene rings is 2. The summed E-state index contributed by atoms with van der Waals surface area (Å²) in [6.45, 7) is 0. The normalized spacial score (nSPS) is 10.6. The molecule has 7 heteroatoms. The molecule has 27 heavy (non-hydrogen) atoms. The molecule has 0 saturated carbocycles. The van der Waals surface area contributed by atoms with Crippen molar-refractivity contribution in [2.75, 3.05) is 12.5 Å². The Balaban J connectivity index is 1.71. The number of ether oxygens (including phenoxy) is 2. The van der Waals surface area contributed by atoms with Crippen molar-refractivity contribution in [2.24, 2.45) is 5.10 Å². The van der Waals surface area contributed by atoms with Crippen LogP contribution in [0.2, 0.25) is 5.02 Å². The molecule has 1 N–H and O–H groups in total. The number of methoxy groups -OCH3 is 1. The summed E-state index contributed by atoms with van der Waals surface area (Å²) in [7, 11) is 1.50. The molecular weight excluding hydrogens is 366 g/mol. The Morgan fingerprint density at radius 1 is 1.15 bits per heavy atom. The van der Waals surface area contributed by atoms with Gasteiger partial charge in [0.1, 0.15) is 0 Å². The van der Waals surface area contributed by atoms with Gasteiger partial charge in [-0.25, -0.2) is 4.79 Å². The molecule has 0 atom stereocenters. The summed E-state index contributed by atoms with van der Waals surface area (Å²) in [5, 5.41) is 4.73. The first-order chi connectivity index (χ1) is 13.2. The van der Waals surface area contributed by atoms with Crippen molar-refractivity contribution in [1.29, 1.82) is 0 Å². The average molecular weight is 382 g/mol. The lowest BCUT2D eigenvalue weighted by atomic mass is 10.2. The van der Waals surface area contributed by atoms with Crippen LogP contribution in [0, 0.1) is 0 Å². The zero-order valence-corrected chi connectivity index (χ0v) is 15.2. The van der Waals surface area contributed by atoms with Crippen LogP contribution in [0.15, 0.2) is 72.1 Å². The van der Waals surface area contributed by atoms with Crippen LogP contribution in [0.3, 0.4) is 0 Å². The average Bonchev–Trinajstić information content (AvgIpc) is 2.71. The molecule has 0 aliphatic rings. The van der Waals surface area contributed by atoms with Crippen molar-refractivity contribution >= 4 is 29.5 Å². The second-order valence-electron chi connectivity index (χ2n) is 5.39. The van der Waals surface area contributed by atoms with E-state index in [-0.39, 0.29) is 0 Å². The maximum atomic E-state index is 12.2. The SMILES string of the molecule is COc1cc(/C=N/Nc2ccccc2Cl)ccc1OC(=O)c1cccnc1. The molecule has 0 unspecified atom stereocenters. The summed E-state index contributed by atoms with van der Waals surface area (Å²) < 4.78 is 10.7. The maximum Gasteiger partial charge on any atom is 0.345 e. The van der Waals surface area contributed by atoms with Gasteiger partial charge < -0.3 is 9.47 Å². The van der Waals surface area contributed by atoms with Gasteiger partial charge in [-0.05, 0) is 48.0 Å². The van der Waals surface area contributed by atoms with E-state index in [1.807, 2.05) is 18.2 Å². The van der Waals surface area contributed by atoms with Gasteiger partial charge in [-0.2, -0.15) is 5.10 Å². The summed E-state index contributed by atoms with van der Waals surface area (Å²) >= 11 is 6.06. The Bertz CT molecular complexity index is 962. The third-order valence-corrected chi connectivity index (χ3v) is 3.89. The second kappa shape index (κ2) is 8.82. The first-order valence-electron chi connectivity index (χ1n) is 8.01. The number of hydrogen-bond acceptors (Lipinski definition) is 6. The van der Waals surface area contributed by atoms with Gasteiger partial charge in [0.15, 0.2) is 11.5 Å². The van der Waals surface area contributed by atoms with Crippen LogP contribution in [0.5, 0.6) is 11.5 Å². The monoisotopic (exact) mass is 381 g/mol. The minimum Gasteiger partial charge on any atom is -0.493 e. The molecular formula is C20H16ClN3O3. The van der Waals surface area contributed by atoms with Crippen molar-refractivity contribution in [1.82, 2.24) is 4.98 Å². The van der Waals surface area contributed by atoms with Gasteiger partial charge in [0.25, 0.3) is 0 Å². The number of para-hydroxylation sites is 1. The standard InChI is InChI=1S/C20H16ClN3O3/c1-26-19-11-14(12-23-24-17-7-3-2-6-16(17)21)8-9-18(19)27-20(25)15-5-4-10-22-13-15/h2-13,24H,1H3/b23-12+. The first-order valence-corrected chi connectivity index (χ1v) is 8.39. The number of halogens is 1. The van der Waals surface area contributed by atoms with Crippen molar-refractivity contribution in [2.45, 2.75) is 0 Å². The van der Waals surface area contributed by atoms with Crippen LogP contribution in [-0.4, -0.2) is 24.3 Å². The van der Waals surface area contributed by atoms with E-state index >= 15 is 0 Å². The van der Waals surface area contributed by atoms with Crippen molar-refractivity contribution in [3.63, 3.8) is 0 Å². The highest BCUT2D eigenvalue weighted by Crippen LogP contribution is 2.28. The number of pyridine rings is 1. The fraction of sp³-hybridized carbons (Fsp3) is 0.0500. The molecule has 0 saturated heterocycles. The maximum absolute atomic E-state index is 12.2. The molecule has 2 aromatic carbocycles. The van der Waals surface area contributed by atoms with E-state index < -0.39 is 5.97 Å². The number of hydrogen-bond donors (Lipinski definition) is 1. The van der Waals surface area contributed by atoms with Crippen LogP contribution in [0.4, 0.5) is 5.69 Å². The lowest BCUT2D eigenvalue weighted by Crippen LogP contribution is -2.09. The number of nitrogens with one attached hydrogen (secondary N) is 1. The predicted molar refractivity (Wildman–Crippen MR) is 105 cm³/mol. The number of anilines is 1. The first kappa shape index (κ1) is 18.4. The molecule has 0 amide bonds. The van der Waals surface area contributed by atoms with E-state index in [0.29, 0.717) is 27.8 Å². The Labute approximate surface area is 161 Å². The zero-order valence-electron chi connectivity index (χ0n) is 14.4. The summed E-state index contributed by atoms with van der Waals surface area (Å²) in [4.78, 5) is 16.1. The number of rotatable bonds is 6. The fourth-order valence-corrected chi connectivity index (χ4v) is 2.40. The molecule has 0 aliphatic heterocycles.